The van der Waals surface area contributed by atoms with Crippen LogP contribution in [-0.4, -0.2) is 16.7 Å². The van der Waals surface area contributed by atoms with Crippen LogP contribution < -0.4 is 15.2 Å². The van der Waals surface area contributed by atoms with Gasteiger partial charge in [0, 0.05) is 0 Å². The molecule has 0 aliphatic carbocycles. The van der Waals surface area contributed by atoms with Crippen LogP contribution in [0.4, 0.5) is 5.69 Å². The molecule has 0 amide bonds. The van der Waals surface area contributed by atoms with Crippen molar-refractivity contribution in [2.45, 2.75) is 19.8 Å². The molecule has 3 N–H and O–H groups in total. The molecule has 1 aliphatic heterocycles. The van der Waals surface area contributed by atoms with Crippen molar-refractivity contribution >= 4 is 22.7 Å². The van der Waals surface area contributed by atoms with E-state index in [1.807, 2.05) is 12.1 Å². The summed E-state index contributed by atoms with van der Waals surface area (Å²) >= 11 is -1.49. The number of amidine groups is 1. The summed E-state index contributed by atoms with van der Waals surface area (Å²) in [5, 5.41) is 0. The molecule has 1 aromatic carbocycles. The summed E-state index contributed by atoms with van der Waals surface area (Å²) in [4.78, 5) is 0. The van der Waals surface area contributed by atoms with Crippen molar-refractivity contribution in [2.24, 2.45) is 10.1 Å². The number of rotatable bonds is 4. The lowest BCUT2D eigenvalue weighted by molar-refractivity contribution is 0.309. The molecule has 0 fully saturated rings. The average Bonchev–Trinajstić information content (AvgIpc) is 2.28. The fourth-order valence-corrected chi connectivity index (χ4v) is 2.25. The number of hydrogen-bond acceptors (Lipinski definition) is 3. The first-order chi connectivity index (χ1) is 8.22. The Morgan fingerprint density at radius 2 is 2.35 bits per heavy atom. The quantitative estimate of drug-likeness (QED) is 0.800. The number of anilines is 1. The minimum Gasteiger partial charge on any atom is -0.493 e. The normalized spacial score (nSPS) is 17.9. The first-order valence-electron chi connectivity index (χ1n) is 5.51. The van der Waals surface area contributed by atoms with E-state index >= 15 is 0 Å². The lowest BCUT2D eigenvalue weighted by Gasteiger charge is -2.18. The van der Waals surface area contributed by atoms with Crippen LogP contribution in [-0.2, 0) is 11.2 Å². The molecule has 0 bridgehead atoms. The van der Waals surface area contributed by atoms with Gasteiger partial charge in [-0.05, 0) is 18.6 Å². The zero-order valence-corrected chi connectivity index (χ0v) is 10.4. The lowest BCUT2D eigenvalue weighted by Crippen LogP contribution is -2.24. The van der Waals surface area contributed by atoms with Gasteiger partial charge in [0.1, 0.15) is 11.6 Å². The number of ether oxygens (including phenoxy) is 1. The van der Waals surface area contributed by atoms with E-state index in [9.17, 15) is 4.21 Å². The minimum atomic E-state index is -1.49. The van der Waals surface area contributed by atoms with Gasteiger partial charge in [-0.3, -0.25) is 4.72 Å². The summed E-state index contributed by atoms with van der Waals surface area (Å²) in [5.74, 6) is 0.936. The molecular formula is C11H15N3O2S. The van der Waals surface area contributed by atoms with Crippen LogP contribution in [0.1, 0.15) is 25.3 Å². The highest BCUT2D eigenvalue weighted by Gasteiger charge is 2.19. The third kappa shape index (κ3) is 2.58. The van der Waals surface area contributed by atoms with Crippen molar-refractivity contribution in [3.63, 3.8) is 0 Å². The Bertz CT molecular complexity index is 474. The van der Waals surface area contributed by atoms with Gasteiger partial charge in [0.2, 0.25) is 11.2 Å². The van der Waals surface area contributed by atoms with E-state index < -0.39 is 11.2 Å². The molecule has 5 nitrogen and oxygen atoms in total. The number of benzene rings is 1. The summed E-state index contributed by atoms with van der Waals surface area (Å²) in [6.07, 6.45) is 2.06. The predicted octanol–water partition coefficient (Wildman–Crippen LogP) is 1.58. The molecule has 0 spiro atoms. The average molecular weight is 253 g/mol. The standard InChI is InChI=1S/C11H15N3O2S/c1-2-3-7-16-9-6-4-5-8-10(9)11(12)14-17(15)13-8/h4-6,13H,2-3,7H2,1H3,(H2,12,14). The molecule has 17 heavy (non-hydrogen) atoms. The molecule has 1 unspecified atom stereocenters. The Hall–Kier alpha value is -1.56. The Kier molecular flexibility index (Phi) is 3.63. The molecule has 1 aliphatic rings. The number of hydrogen-bond donors (Lipinski definition) is 2. The molecule has 0 saturated carbocycles. The van der Waals surface area contributed by atoms with E-state index in [1.165, 1.54) is 0 Å². The van der Waals surface area contributed by atoms with Crippen LogP contribution in [0.15, 0.2) is 22.6 Å². The lowest BCUT2D eigenvalue weighted by atomic mass is 10.1. The number of nitrogens with two attached hydrogens (primary N) is 1. The largest absolute Gasteiger partial charge is 0.493 e. The highest BCUT2D eigenvalue weighted by atomic mass is 32.2. The van der Waals surface area contributed by atoms with E-state index in [4.69, 9.17) is 10.5 Å². The third-order valence-corrected chi connectivity index (χ3v) is 3.17. The van der Waals surface area contributed by atoms with Gasteiger partial charge in [0.15, 0.2) is 0 Å². The molecule has 0 aromatic heterocycles. The Morgan fingerprint density at radius 1 is 1.53 bits per heavy atom. The second kappa shape index (κ2) is 5.18. The number of unbranched alkanes of at least 4 members (excludes halogenated alkanes) is 1. The summed E-state index contributed by atoms with van der Waals surface area (Å²) in [6.45, 7) is 2.74. The van der Waals surface area contributed by atoms with Crippen LogP contribution in [0.2, 0.25) is 0 Å². The van der Waals surface area contributed by atoms with Crippen molar-refractivity contribution < 1.29 is 8.95 Å². The second-order valence-electron chi connectivity index (χ2n) is 3.71. The van der Waals surface area contributed by atoms with Crippen LogP contribution in [0, 0.1) is 0 Å². The summed E-state index contributed by atoms with van der Waals surface area (Å²) in [6, 6.07) is 5.48. The first kappa shape index (κ1) is 11.9. The number of nitrogens with zero attached hydrogens (tertiary/aromatic N) is 1. The van der Waals surface area contributed by atoms with E-state index in [0.29, 0.717) is 23.6 Å². The highest BCUT2D eigenvalue weighted by Crippen LogP contribution is 2.29. The molecule has 2 rings (SSSR count). The molecular weight excluding hydrogens is 238 g/mol. The van der Waals surface area contributed by atoms with Gasteiger partial charge in [-0.1, -0.05) is 19.4 Å². The first-order valence-corrected chi connectivity index (χ1v) is 6.62. The monoisotopic (exact) mass is 253 g/mol. The second-order valence-corrected chi connectivity index (χ2v) is 4.59. The third-order valence-electron chi connectivity index (χ3n) is 2.42. The SMILES string of the molecule is CCCCOc1cccc2c1C(N)=NS(=O)N2. The molecule has 92 valence electrons. The Balaban J connectivity index is 2.28. The van der Waals surface area contributed by atoms with Crippen molar-refractivity contribution in [2.75, 3.05) is 11.3 Å². The summed E-state index contributed by atoms with van der Waals surface area (Å²) in [5.41, 5.74) is 7.18. The van der Waals surface area contributed by atoms with Crippen molar-refractivity contribution in [3.05, 3.63) is 23.8 Å². The van der Waals surface area contributed by atoms with Gasteiger partial charge in [-0.2, -0.15) is 4.40 Å². The van der Waals surface area contributed by atoms with Gasteiger partial charge < -0.3 is 10.5 Å². The van der Waals surface area contributed by atoms with Crippen LogP contribution in [0.25, 0.3) is 0 Å². The van der Waals surface area contributed by atoms with Gasteiger partial charge in [-0.15, -0.1) is 0 Å². The highest BCUT2D eigenvalue weighted by molar-refractivity contribution is 7.85. The molecule has 1 heterocycles. The van der Waals surface area contributed by atoms with Crippen LogP contribution in [0.3, 0.4) is 0 Å². The summed E-state index contributed by atoms with van der Waals surface area (Å²) in [7, 11) is 0. The number of nitrogens with one attached hydrogen (secondary N) is 1. The molecule has 6 heteroatoms. The maximum atomic E-state index is 11.3. The van der Waals surface area contributed by atoms with Gasteiger partial charge in [0.25, 0.3) is 0 Å². The van der Waals surface area contributed by atoms with Crippen molar-refractivity contribution in [1.29, 1.82) is 0 Å². The van der Waals surface area contributed by atoms with Gasteiger partial charge in [0.05, 0.1) is 17.9 Å². The van der Waals surface area contributed by atoms with E-state index in [2.05, 4.69) is 16.0 Å². The Morgan fingerprint density at radius 3 is 3.12 bits per heavy atom. The van der Waals surface area contributed by atoms with Crippen molar-refractivity contribution in [1.82, 2.24) is 0 Å². The summed E-state index contributed by atoms with van der Waals surface area (Å²) < 4.78 is 23.5. The van der Waals surface area contributed by atoms with E-state index in [1.54, 1.807) is 6.07 Å². The van der Waals surface area contributed by atoms with Gasteiger partial charge in [-0.25, -0.2) is 4.21 Å². The van der Waals surface area contributed by atoms with E-state index in [0.717, 1.165) is 12.8 Å². The molecule has 1 atom stereocenters. The minimum absolute atomic E-state index is 0.254. The fourth-order valence-electron chi connectivity index (χ4n) is 1.58. The molecule has 0 saturated heterocycles. The smallest absolute Gasteiger partial charge is 0.245 e. The Labute approximate surface area is 103 Å². The van der Waals surface area contributed by atoms with E-state index in [-0.39, 0.29) is 5.84 Å². The van der Waals surface area contributed by atoms with Crippen LogP contribution >= 0.6 is 0 Å². The topological polar surface area (TPSA) is 76.7 Å². The van der Waals surface area contributed by atoms with Gasteiger partial charge >= 0.3 is 0 Å². The number of fused-ring (bicyclic) bond motifs is 1. The fraction of sp³-hybridized carbons (Fsp3) is 0.364. The molecule has 0 radical (unpaired) electrons. The maximum Gasteiger partial charge on any atom is 0.245 e. The zero-order valence-electron chi connectivity index (χ0n) is 9.60. The molecule has 1 aromatic rings. The zero-order chi connectivity index (χ0) is 12.3. The maximum absolute atomic E-state index is 11.3. The van der Waals surface area contributed by atoms with Crippen molar-refractivity contribution in [3.8, 4) is 5.75 Å². The predicted molar refractivity (Wildman–Crippen MR) is 69.3 cm³/mol. The van der Waals surface area contributed by atoms with Crippen LogP contribution in [0.5, 0.6) is 5.75 Å².